The topological polar surface area (TPSA) is 50.2 Å². The van der Waals surface area contributed by atoms with E-state index in [4.69, 9.17) is 16.7 Å². The van der Waals surface area contributed by atoms with Gasteiger partial charge in [-0.25, -0.2) is 9.78 Å². The molecular formula is C16H10ClNO2. The molecule has 1 aromatic heterocycles. The molecule has 0 radical (unpaired) electrons. The maximum atomic E-state index is 11.1. The zero-order valence-electron chi connectivity index (χ0n) is 10.4. The van der Waals surface area contributed by atoms with Crippen LogP contribution in [-0.2, 0) is 0 Å². The van der Waals surface area contributed by atoms with Gasteiger partial charge in [-0.3, -0.25) is 0 Å². The highest BCUT2D eigenvalue weighted by molar-refractivity contribution is 6.36. The van der Waals surface area contributed by atoms with Gasteiger partial charge in [-0.1, -0.05) is 60.1 Å². The summed E-state index contributed by atoms with van der Waals surface area (Å²) < 4.78 is 0. The Morgan fingerprint density at radius 2 is 1.80 bits per heavy atom. The average Bonchev–Trinajstić information content (AvgIpc) is 2.47. The quantitative estimate of drug-likeness (QED) is 0.765. The summed E-state index contributed by atoms with van der Waals surface area (Å²) in [4.78, 5) is 15.4. The van der Waals surface area contributed by atoms with E-state index in [2.05, 4.69) is 4.98 Å². The third-order valence-corrected chi connectivity index (χ3v) is 3.41. The van der Waals surface area contributed by atoms with Crippen molar-refractivity contribution in [3.8, 4) is 11.1 Å². The van der Waals surface area contributed by atoms with Gasteiger partial charge in [-0.15, -0.1) is 0 Å². The first-order valence-electron chi connectivity index (χ1n) is 6.05. The lowest BCUT2D eigenvalue weighted by molar-refractivity contribution is 0.0691. The molecule has 3 aromatic rings. The average molecular weight is 284 g/mol. The zero-order valence-corrected chi connectivity index (χ0v) is 11.1. The van der Waals surface area contributed by atoms with Gasteiger partial charge in [0.1, 0.15) is 5.69 Å². The normalized spacial score (nSPS) is 10.7. The van der Waals surface area contributed by atoms with Crippen LogP contribution in [0, 0.1) is 0 Å². The first-order valence-corrected chi connectivity index (χ1v) is 6.42. The van der Waals surface area contributed by atoms with Crippen LogP contribution in [0.2, 0.25) is 5.02 Å². The molecule has 3 rings (SSSR count). The van der Waals surface area contributed by atoms with Crippen LogP contribution in [0.5, 0.6) is 0 Å². The second-order valence-corrected chi connectivity index (χ2v) is 4.77. The predicted molar refractivity (Wildman–Crippen MR) is 79.1 cm³/mol. The van der Waals surface area contributed by atoms with Gasteiger partial charge in [0.2, 0.25) is 0 Å². The van der Waals surface area contributed by atoms with Crippen molar-refractivity contribution in [3.05, 3.63) is 65.3 Å². The van der Waals surface area contributed by atoms with Crippen LogP contribution in [0.4, 0.5) is 0 Å². The van der Waals surface area contributed by atoms with Gasteiger partial charge in [0.05, 0.1) is 10.5 Å². The van der Waals surface area contributed by atoms with E-state index >= 15 is 0 Å². The van der Waals surface area contributed by atoms with Gasteiger partial charge >= 0.3 is 5.97 Å². The van der Waals surface area contributed by atoms with Gasteiger partial charge in [0.15, 0.2) is 0 Å². The van der Waals surface area contributed by atoms with Gasteiger partial charge in [0.25, 0.3) is 0 Å². The van der Waals surface area contributed by atoms with Gasteiger partial charge in [0, 0.05) is 10.9 Å². The van der Waals surface area contributed by atoms with Gasteiger partial charge < -0.3 is 5.11 Å². The summed E-state index contributed by atoms with van der Waals surface area (Å²) in [5.74, 6) is -1.09. The van der Waals surface area contributed by atoms with Crippen molar-refractivity contribution < 1.29 is 9.90 Å². The molecule has 0 fully saturated rings. The van der Waals surface area contributed by atoms with Crippen LogP contribution < -0.4 is 0 Å². The molecule has 4 heteroatoms. The minimum Gasteiger partial charge on any atom is -0.477 e. The number of nitrogens with zero attached hydrogens (tertiary/aromatic N) is 1. The fraction of sp³-hybridized carbons (Fsp3) is 0. The number of hydrogen-bond donors (Lipinski definition) is 1. The van der Waals surface area contributed by atoms with Crippen LogP contribution in [0.3, 0.4) is 0 Å². The van der Waals surface area contributed by atoms with E-state index in [1.807, 2.05) is 48.5 Å². The third kappa shape index (κ3) is 2.12. The molecule has 0 aliphatic carbocycles. The lowest BCUT2D eigenvalue weighted by Crippen LogP contribution is -2.01. The van der Waals surface area contributed by atoms with Gasteiger partial charge in [-0.2, -0.15) is 0 Å². The summed E-state index contributed by atoms with van der Waals surface area (Å²) in [5, 5.41) is 10.3. The Bertz CT molecular complexity index is 800. The SMILES string of the molecule is O=C(O)c1cc(Cl)c2cccc(-c3ccccc3)c2n1. The second kappa shape index (κ2) is 4.94. The Morgan fingerprint density at radius 1 is 1.05 bits per heavy atom. The summed E-state index contributed by atoms with van der Waals surface area (Å²) in [5.41, 5.74) is 2.40. The fourth-order valence-electron chi connectivity index (χ4n) is 2.17. The number of fused-ring (bicyclic) bond motifs is 1. The first-order chi connectivity index (χ1) is 9.66. The van der Waals surface area contributed by atoms with Crippen LogP contribution in [0.25, 0.3) is 22.0 Å². The van der Waals surface area contributed by atoms with Crippen molar-refractivity contribution in [2.24, 2.45) is 0 Å². The number of benzene rings is 2. The van der Waals surface area contributed by atoms with Crippen LogP contribution in [-0.4, -0.2) is 16.1 Å². The molecule has 0 saturated carbocycles. The number of halogens is 1. The van der Waals surface area contributed by atoms with E-state index in [-0.39, 0.29) is 5.69 Å². The smallest absolute Gasteiger partial charge is 0.354 e. The molecule has 0 aliphatic rings. The lowest BCUT2D eigenvalue weighted by Gasteiger charge is -2.08. The van der Waals surface area contributed by atoms with Crippen LogP contribution in [0.1, 0.15) is 10.5 Å². The molecule has 0 bridgehead atoms. The van der Waals surface area contributed by atoms with Crippen molar-refractivity contribution >= 4 is 28.5 Å². The zero-order chi connectivity index (χ0) is 14.1. The summed E-state index contributed by atoms with van der Waals surface area (Å²) in [6, 6.07) is 16.7. The summed E-state index contributed by atoms with van der Waals surface area (Å²) in [7, 11) is 0. The Hall–Kier alpha value is -2.39. The van der Waals surface area contributed by atoms with E-state index in [9.17, 15) is 4.79 Å². The predicted octanol–water partition coefficient (Wildman–Crippen LogP) is 4.25. The molecule has 0 spiro atoms. The van der Waals surface area contributed by atoms with Crippen molar-refractivity contribution in [2.75, 3.05) is 0 Å². The van der Waals surface area contributed by atoms with Crippen LogP contribution >= 0.6 is 11.6 Å². The van der Waals surface area contributed by atoms with Gasteiger partial charge in [-0.05, 0) is 11.6 Å². The Morgan fingerprint density at radius 3 is 2.50 bits per heavy atom. The van der Waals surface area contributed by atoms with E-state index in [0.29, 0.717) is 10.5 Å². The Balaban J connectivity index is 2.36. The number of pyridine rings is 1. The molecule has 98 valence electrons. The fourth-order valence-corrected chi connectivity index (χ4v) is 2.42. The number of aromatic nitrogens is 1. The minimum absolute atomic E-state index is 0.0501. The highest BCUT2D eigenvalue weighted by Gasteiger charge is 2.12. The minimum atomic E-state index is -1.09. The number of hydrogen-bond acceptors (Lipinski definition) is 2. The number of rotatable bonds is 2. The Labute approximate surface area is 120 Å². The highest BCUT2D eigenvalue weighted by Crippen LogP contribution is 2.31. The second-order valence-electron chi connectivity index (χ2n) is 4.36. The van der Waals surface area contributed by atoms with Crippen molar-refractivity contribution in [1.82, 2.24) is 4.98 Å². The van der Waals surface area contributed by atoms with Crippen LogP contribution in [0.15, 0.2) is 54.6 Å². The summed E-state index contributed by atoms with van der Waals surface area (Å²) in [6.07, 6.45) is 0. The van der Waals surface area contributed by atoms with Crippen molar-refractivity contribution in [3.63, 3.8) is 0 Å². The molecular weight excluding hydrogens is 274 g/mol. The number of carboxylic acid groups (broad SMARTS) is 1. The summed E-state index contributed by atoms with van der Waals surface area (Å²) in [6.45, 7) is 0. The molecule has 0 saturated heterocycles. The number of para-hydroxylation sites is 1. The van der Waals surface area contributed by atoms with E-state index in [1.54, 1.807) is 0 Å². The molecule has 20 heavy (non-hydrogen) atoms. The van der Waals surface area contributed by atoms with E-state index in [1.165, 1.54) is 6.07 Å². The molecule has 1 N–H and O–H groups in total. The molecule has 0 unspecified atom stereocenters. The molecule has 3 nitrogen and oxygen atoms in total. The molecule has 1 heterocycles. The molecule has 2 aromatic carbocycles. The summed E-state index contributed by atoms with van der Waals surface area (Å²) >= 11 is 6.16. The standard InChI is InChI=1S/C16H10ClNO2/c17-13-9-14(16(19)20)18-15-11(7-4-8-12(13)15)10-5-2-1-3-6-10/h1-9H,(H,19,20). The number of carbonyl (C=O) groups is 1. The monoisotopic (exact) mass is 283 g/mol. The molecule has 0 amide bonds. The number of carboxylic acids is 1. The maximum absolute atomic E-state index is 11.1. The first kappa shape index (κ1) is 12.6. The maximum Gasteiger partial charge on any atom is 0.354 e. The molecule has 0 aliphatic heterocycles. The Kier molecular flexibility index (Phi) is 3.12. The van der Waals surface area contributed by atoms with Crippen molar-refractivity contribution in [1.29, 1.82) is 0 Å². The van der Waals surface area contributed by atoms with E-state index < -0.39 is 5.97 Å². The van der Waals surface area contributed by atoms with Crippen molar-refractivity contribution in [2.45, 2.75) is 0 Å². The lowest BCUT2D eigenvalue weighted by atomic mass is 10.0. The highest BCUT2D eigenvalue weighted by atomic mass is 35.5. The third-order valence-electron chi connectivity index (χ3n) is 3.09. The largest absolute Gasteiger partial charge is 0.477 e. The number of aromatic carboxylic acids is 1. The van der Waals surface area contributed by atoms with E-state index in [0.717, 1.165) is 16.5 Å². The molecule has 0 atom stereocenters.